The lowest BCUT2D eigenvalue weighted by molar-refractivity contribution is -0.141. The second-order valence-electron chi connectivity index (χ2n) is 4.62. The number of carbonyl (C=O) groups excluding carboxylic acids is 1. The molecule has 0 amide bonds. The number of ether oxygens (including phenoxy) is 1. The number of hydrogen-bond acceptors (Lipinski definition) is 3. The first kappa shape index (κ1) is 15.7. The van der Waals surface area contributed by atoms with Crippen molar-refractivity contribution in [2.45, 2.75) is 13.0 Å². The summed E-state index contributed by atoms with van der Waals surface area (Å²) in [5, 5.41) is 4.31. The highest BCUT2D eigenvalue weighted by molar-refractivity contribution is 6.31. The SMILES string of the molecule is COC(=O)C(Nc1cccc(Cl)c1)c1ccc(C)c(Cl)c1. The molecule has 1 N–H and O–H groups in total. The third kappa shape index (κ3) is 3.90. The summed E-state index contributed by atoms with van der Waals surface area (Å²) in [6.07, 6.45) is 0. The van der Waals surface area contributed by atoms with Gasteiger partial charge in [-0.2, -0.15) is 0 Å². The van der Waals surface area contributed by atoms with Gasteiger partial charge in [-0.15, -0.1) is 0 Å². The van der Waals surface area contributed by atoms with Gasteiger partial charge in [-0.05, 0) is 42.3 Å². The molecule has 1 unspecified atom stereocenters. The fourth-order valence-corrected chi connectivity index (χ4v) is 2.31. The number of hydrogen-bond donors (Lipinski definition) is 1. The molecule has 0 aromatic heterocycles. The Morgan fingerprint density at radius 1 is 1.19 bits per heavy atom. The minimum Gasteiger partial charge on any atom is -0.467 e. The van der Waals surface area contributed by atoms with Crippen molar-refractivity contribution < 1.29 is 9.53 Å². The minimum absolute atomic E-state index is 0.394. The molecule has 1 atom stereocenters. The number of nitrogens with one attached hydrogen (secondary N) is 1. The highest BCUT2D eigenvalue weighted by Crippen LogP contribution is 2.26. The van der Waals surface area contributed by atoms with E-state index in [1.54, 1.807) is 24.3 Å². The molecule has 0 aliphatic carbocycles. The van der Waals surface area contributed by atoms with Gasteiger partial charge in [0.15, 0.2) is 6.04 Å². The molecule has 5 heteroatoms. The van der Waals surface area contributed by atoms with Crippen molar-refractivity contribution in [1.82, 2.24) is 0 Å². The average molecular weight is 324 g/mol. The van der Waals surface area contributed by atoms with Gasteiger partial charge >= 0.3 is 5.97 Å². The number of methoxy groups -OCH3 is 1. The molecule has 110 valence electrons. The molecule has 0 saturated carbocycles. The maximum atomic E-state index is 12.0. The molecule has 2 rings (SSSR count). The number of anilines is 1. The maximum Gasteiger partial charge on any atom is 0.332 e. The molecule has 0 aliphatic rings. The zero-order chi connectivity index (χ0) is 15.4. The van der Waals surface area contributed by atoms with Crippen molar-refractivity contribution >= 4 is 34.9 Å². The summed E-state index contributed by atoms with van der Waals surface area (Å²) in [5.74, 6) is -0.394. The zero-order valence-electron chi connectivity index (χ0n) is 11.7. The number of benzene rings is 2. The monoisotopic (exact) mass is 323 g/mol. The summed E-state index contributed by atoms with van der Waals surface area (Å²) < 4.78 is 4.86. The van der Waals surface area contributed by atoms with Crippen LogP contribution >= 0.6 is 23.2 Å². The average Bonchev–Trinajstić information content (AvgIpc) is 2.47. The topological polar surface area (TPSA) is 38.3 Å². The Morgan fingerprint density at radius 3 is 2.57 bits per heavy atom. The number of aryl methyl sites for hydroxylation is 1. The second kappa shape index (κ2) is 6.83. The van der Waals surface area contributed by atoms with E-state index in [0.717, 1.165) is 16.8 Å². The standard InChI is InChI=1S/C16H15Cl2NO2/c1-10-6-7-11(8-14(10)18)15(16(20)21-2)19-13-5-3-4-12(17)9-13/h3-9,15,19H,1-2H3. The number of esters is 1. The Kier molecular flexibility index (Phi) is 5.10. The van der Waals surface area contributed by atoms with Gasteiger partial charge in [0, 0.05) is 15.7 Å². The summed E-state index contributed by atoms with van der Waals surface area (Å²) in [5.41, 5.74) is 2.42. The van der Waals surface area contributed by atoms with E-state index in [9.17, 15) is 4.79 Å². The number of carbonyl (C=O) groups is 1. The van der Waals surface area contributed by atoms with E-state index in [2.05, 4.69) is 5.32 Å². The molecule has 0 bridgehead atoms. The fourth-order valence-electron chi connectivity index (χ4n) is 1.93. The lowest BCUT2D eigenvalue weighted by Crippen LogP contribution is -2.22. The van der Waals surface area contributed by atoms with Gasteiger partial charge in [-0.25, -0.2) is 4.79 Å². The zero-order valence-corrected chi connectivity index (χ0v) is 13.2. The molecular weight excluding hydrogens is 309 g/mol. The van der Waals surface area contributed by atoms with Gasteiger partial charge in [0.05, 0.1) is 7.11 Å². The first-order chi connectivity index (χ1) is 10.0. The fraction of sp³-hybridized carbons (Fsp3) is 0.188. The van der Waals surface area contributed by atoms with Crippen LogP contribution in [-0.4, -0.2) is 13.1 Å². The molecular formula is C16H15Cl2NO2. The van der Waals surface area contributed by atoms with Crippen LogP contribution in [0.1, 0.15) is 17.2 Å². The Hall–Kier alpha value is -1.71. The molecule has 2 aromatic carbocycles. The van der Waals surface area contributed by atoms with E-state index in [-0.39, 0.29) is 0 Å². The van der Waals surface area contributed by atoms with E-state index in [4.69, 9.17) is 27.9 Å². The third-order valence-corrected chi connectivity index (χ3v) is 3.74. The first-order valence-corrected chi connectivity index (χ1v) is 7.13. The Bertz CT molecular complexity index is 658. The molecule has 0 saturated heterocycles. The summed E-state index contributed by atoms with van der Waals surface area (Å²) in [6.45, 7) is 1.91. The van der Waals surface area contributed by atoms with Crippen LogP contribution in [0, 0.1) is 6.92 Å². The van der Waals surface area contributed by atoms with Crippen LogP contribution in [0.25, 0.3) is 0 Å². The summed E-state index contributed by atoms with van der Waals surface area (Å²) in [6, 6.07) is 12.0. The van der Waals surface area contributed by atoms with Crippen molar-refractivity contribution in [2.75, 3.05) is 12.4 Å². The first-order valence-electron chi connectivity index (χ1n) is 6.37. The molecule has 0 heterocycles. The Labute approximate surface area is 133 Å². The highest BCUT2D eigenvalue weighted by atomic mass is 35.5. The molecule has 0 aliphatic heterocycles. The van der Waals surface area contributed by atoms with E-state index >= 15 is 0 Å². The van der Waals surface area contributed by atoms with Gasteiger partial charge < -0.3 is 10.1 Å². The molecule has 0 radical (unpaired) electrons. The van der Waals surface area contributed by atoms with E-state index in [1.807, 2.05) is 25.1 Å². The quantitative estimate of drug-likeness (QED) is 0.834. The van der Waals surface area contributed by atoms with E-state index in [1.165, 1.54) is 7.11 Å². The van der Waals surface area contributed by atoms with Crippen LogP contribution in [0.2, 0.25) is 10.0 Å². The van der Waals surface area contributed by atoms with Crippen LogP contribution < -0.4 is 5.32 Å². The van der Waals surface area contributed by atoms with Gasteiger partial charge in [0.2, 0.25) is 0 Å². The maximum absolute atomic E-state index is 12.0. The van der Waals surface area contributed by atoms with Crippen LogP contribution in [0.3, 0.4) is 0 Å². The highest BCUT2D eigenvalue weighted by Gasteiger charge is 2.22. The predicted molar refractivity (Wildman–Crippen MR) is 86.0 cm³/mol. The van der Waals surface area contributed by atoms with Crippen LogP contribution in [0.4, 0.5) is 5.69 Å². The summed E-state index contributed by atoms with van der Waals surface area (Å²) >= 11 is 12.1. The predicted octanol–water partition coefficient (Wildman–Crippen LogP) is 4.63. The smallest absolute Gasteiger partial charge is 0.332 e. The van der Waals surface area contributed by atoms with Crippen LogP contribution in [-0.2, 0) is 9.53 Å². The van der Waals surface area contributed by atoms with Crippen molar-refractivity contribution in [3.8, 4) is 0 Å². The second-order valence-corrected chi connectivity index (χ2v) is 5.46. The summed E-state index contributed by atoms with van der Waals surface area (Å²) in [7, 11) is 1.35. The number of rotatable bonds is 4. The Balaban J connectivity index is 2.34. The lowest BCUT2D eigenvalue weighted by Gasteiger charge is -2.19. The minimum atomic E-state index is -0.647. The third-order valence-electron chi connectivity index (χ3n) is 3.10. The van der Waals surface area contributed by atoms with E-state index < -0.39 is 12.0 Å². The van der Waals surface area contributed by atoms with Crippen molar-refractivity contribution in [3.05, 3.63) is 63.6 Å². The molecule has 0 spiro atoms. The molecule has 21 heavy (non-hydrogen) atoms. The van der Waals surface area contributed by atoms with Gasteiger partial charge in [0.1, 0.15) is 0 Å². The van der Waals surface area contributed by atoms with Crippen molar-refractivity contribution in [3.63, 3.8) is 0 Å². The van der Waals surface area contributed by atoms with Crippen LogP contribution in [0.15, 0.2) is 42.5 Å². The van der Waals surface area contributed by atoms with Gasteiger partial charge in [0.25, 0.3) is 0 Å². The van der Waals surface area contributed by atoms with Crippen LogP contribution in [0.5, 0.6) is 0 Å². The molecule has 0 fully saturated rings. The van der Waals surface area contributed by atoms with Gasteiger partial charge in [-0.1, -0.05) is 41.4 Å². The molecule has 3 nitrogen and oxygen atoms in total. The molecule has 2 aromatic rings. The lowest BCUT2D eigenvalue weighted by atomic mass is 10.0. The van der Waals surface area contributed by atoms with E-state index in [0.29, 0.717) is 10.0 Å². The van der Waals surface area contributed by atoms with Crippen molar-refractivity contribution in [2.24, 2.45) is 0 Å². The van der Waals surface area contributed by atoms with Crippen molar-refractivity contribution in [1.29, 1.82) is 0 Å². The largest absolute Gasteiger partial charge is 0.467 e. The number of halogens is 2. The summed E-state index contributed by atoms with van der Waals surface area (Å²) in [4.78, 5) is 12.0. The van der Waals surface area contributed by atoms with Gasteiger partial charge in [-0.3, -0.25) is 0 Å². The Morgan fingerprint density at radius 2 is 1.95 bits per heavy atom. The normalized spacial score (nSPS) is 11.8.